The molecule has 3 aromatic heterocycles. The number of nitrogens with one attached hydrogen (secondary N) is 1. The lowest BCUT2D eigenvalue weighted by Gasteiger charge is -2.09. The van der Waals surface area contributed by atoms with Gasteiger partial charge in [-0.3, -0.25) is 18.8 Å². The summed E-state index contributed by atoms with van der Waals surface area (Å²) in [6.07, 6.45) is 1.23. The minimum absolute atomic E-state index is 0.00475. The van der Waals surface area contributed by atoms with E-state index in [2.05, 4.69) is 15.4 Å². The normalized spacial score (nSPS) is 11.1. The molecule has 0 bridgehead atoms. The predicted molar refractivity (Wildman–Crippen MR) is 128 cm³/mol. The number of amides is 1. The fourth-order valence-corrected chi connectivity index (χ4v) is 4.00. The lowest BCUT2D eigenvalue weighted by atomic mass is 10.2. The molecule has 182 valence electrons. The molecular weight excluding hydrogens is 450 g/mol. The van der Waals surface area contributed by atoms with Gasteiger partial charge in [-0.1, -0.05) is 30.3 Å². The van der Waals surface area contributed by atoms with Crippen molar-refractivity contribution in [3.63, 3.8) is 0 Å². The van der Waals surface area contributed by atoms with E-state index in [-0.39, 0.29) is 48.0 Å². The van der Waals surface area contributed by atoms with Gasteiger partial charge in [0.2, 0.25) is 11.6 Å². The van der Waals surface area contributed by atoms with Crippen LogP contribution in [0.25, 0.3) is 11.1 Å². The maximum Gasteiger partial charge on any atom is 0.342 e. The van der Waals surface area contributed by atoms with E-state index >= 15 is 0 Å². The summed E-state index contributed by atoms with van der Waals surface area (Å²) in [4.78, 5) is 42.1. The standard InChI is InChI=1S/C25H27N5O5/c1-5-34-25(33)21-17(4)35-23-22(21)24(32)29(14-27-23)13-20(31)26-11-19-15(2)28-30(16(19)3)12-18-9-7-6-8-10-18/h6-10,14H,5,11-13H2,1-4H3,(H,26,31). The van der Waals surface area contributed by atoms with Crippen LogP contribution in [0.15, 0.2) is 45.9 Å². The third kappa shape index (κ3) is 4.86. The molecule has 0 saturated heterocycles. The number of hydrogen-bond donors (Lipinski definition) is 1. The molecule has 0 aliphatic heterocycles. The van der Waals surface area contributed by atoms with Crippen LogP contribution in [0.5, 0.6) is 0 Å². The largest absolute Gasteiger partial charge is 0.462 e. The third-order valence-corrected chi connectivity index (χ3v) is 5.82. The van der Waals surface area contributed by atoms with Crippen LogP contribution in [0.1, 0.15) is 45.6 Å². The van der Waals surface area contributed by atoms with E-state index in [1.54, 1.807) is 13.8 Å². The molecule has 3 heterocycles. The second kappa shape index (κ2) is 9.96. The van der Waals surface area contributed by atoms with Crippen molar-refractivity contribution in [1.29, 1.82) is 0 Å². The number of esters is 1. The van der Waals surface area contributed by atoms with E-state index in [0.717, 1.165) is 27.1 Å². The Morgan fingerprint density at radius 3 is 2.60 bits per heavy atom. The molecule has 1 amide bonds. The van der Waals surface area contributed by atoms with Crippen LogP contribution in [0.3, 0.4) is 0 Å². The Labute approximate surface area is 201 Å². The van der Waals surface area contributed by atoms with Gasteiger partial charge in [0, 0.05) is 17.8 Å². The minimum Gasteiger partial charge on any atom is -0.462 e. The van der Waals surface area contributed by atoms with Gasteiger partial charge in [-0.25, -0.2) is 9.78 Å². The molecule has 0 atom stereocenters. The Kier molecular flexibility index (Phi) is 6.81. The van der Waals surface area contributed by atoms with Gasteiger partial charge >= 0.3 is 5.97 Å². The van der Waals surface area contributed by atoms with Crippen LogP contribution in [0, 0.1) is 20.8 Å². The van der Waals surface area contributed by atoms with Crippen LogP contribution in [0.2, 0.25) is 0 Å². The van der Waals surface area contributed by atoms with Crippen LogP contribution < -0.4 is 10.9 Å². The maximum atomic E-state index is 13.0. The molecule has 10 nitrogen and oxygen atoms in total. The van der Waals surface area contributed by atoms with Gasteiger partial charge in [-0.05, 0) is 33.3 Å². The molecule has 0 radical (unpaired) electrons. The lowest BCUT2D eigenvalue weighted by Crippen LogP contribution is -2.32. The smallest absolute Gasteiger partial charge is 0.342 e. The number of aromatic nitrogens is 4. The molecule has 0 unspecified atom stereocenters. The molecule has 0 fully saturated rings. The Hall–Kier alpha value is -4.21. The fraction of sp³-hybridized carbons (Fsp3) is 0.320. The summed E-state index contributed by atoms with van der Waals surface area (Å²) in [6, 6.07) is 10.0. The number of furan rings is 1. The summed E-state index contributed by atoms with van der Waals surface area (Å²) in [7, 11) is 0. The molecular formula is C25H27N5O5. The summed E-state index contributed by atoms with van der Waals surface area (Å²) in [5.74, 6) is -0.798. The van der Waals surface area contributed by atoms with E-state index in [4.69, 9.17) is 9.15 Å². The SMILES string of the molecule is CCOC(=O)c1c(C)oc2ncn(CC(=O)NCc3c(C)nn(Cc4ccccc4)c3C)c(=O)c12. The number of hydrogen-bond acceptors (Lipinski definition) is 7. The number of carbonyl (C=O) groups excluding carboxylic acids is 2. The van der Waals surface area contributed by atoms with Crippen LogP contribution in [-0.4, -0.2) is 37.8 Å². The van der Waals surface area contributed by atoms with Gasteiger partial charge in [0.05, 0.1) is 18.8 Å². The number of nitrogens with zero attached hydrogens (tertiary/aromatic N) is 4. The van der Waals surface area contributed by atoms with Gasteiger partial charge in [0.1, 0.15) is 29.6 Å². The highest BCUT2D eigenvalue weighted by molar-refractivity contribution is 6.03. The van der Waals surface area contributed by atoms with E-state index in [1.807, 2.05) is 48.9 Å². The topological polar surface area (TPSA) is 121 Å². The maximum absolute atomic E-state index is 13.0. The summed E-state index contributed by atoms with van der Waals surface area (Å²) in [6.45, 7) is 7.90. The van der Waals surface area contributed by atoms with Crippen LogP contribution >= 0.6 is 0 Å². The second-order valence-electron chi connectivity index (χ2n) is 8.18. The van der Waals surface area contributed by atoms with Crippen molar-refractivity contribution < 1.29 is 18.7 Å². The van der Waals surface area contributed by atoms with E-state index in [9.17, 15) is 14.4 Å². The zero-order chi connectivity index (χ0) is 25.1. The molecule has 1 aromatic carbocycles. The van der Waals surface area contributed by atoms with Gasteiger partial charge in [0.25, 0.3) is 5.56 Å². The van der Waals surface area contributed by atoms with E-state index < -0.39 is 11.5 Å². The van der Waals surface area contributed by atoms with Gasteiger partial charge in [-0.15, -0.1) is 0 Å². The number of benzene rings is 1. The monoisotopic (exact) mass is 477 g/mol. The average molecular weight is 478 g/mol. The zero-order valence-corrected chi connectivity index (χ0v) is 20.1. The minimum atomic E-state index is -0.664. The number of aryl methyl sites for hydroxylation is 2. The number of rotatable bonds is 8. The Morgan fingerprint density at radius 2 is 1.89 bits per heavy atom. The third-order valence-electron chi connectivity index (χ3n) is 5.82. The predicted octanol–water partition coefficient (Wildman–Crippen LogP) is 2.65. The molecule has 4 rings (SSSR count). The van der Waals surface area contributed by atoms with Gasteiger partial charge in [-0.2, -0.15) is 5.10 Å². The van der Waals surface area contributed by atoms with Crippen molar-refractivity contribution >= 4 is 23.0 Å². The van der Waals surface area contributed by atoms with E-state index in [0.29, 0.717) is 6.54 Å². The van der Waals surface area contributed by atoms with Crippen molar-refractivity contribution in [3.8, 4) is 0 Å². The van der Waals surface area contributed by atoms with Crippen molar-refractivity contribution in [2.75, 3.05) is 6.61 Å². The van der Waals surface area contributed by atoms with Crippen LogP contribution in [-0.2, 0) is 29.2 Å². The first-order chi connectivity index (χ1) is 16.8. The van der Waals surface area contributed by atoms with Crippen LogP contribution in [0.4, 0.5) is 0 Å². The highest BCUT2D eigenvalue weighted by atomic mass is 16.5. The Balaban J connectivity index is 1.49. The van der Waals surface area contributed by atoms with Crippen molar-refractivity contribution in [2.24, 2.45) is 0 Å². The summed E-state index contributed by atoms with van der Waals surface area (Å²) in [5.41, 5.74) is 3.35. The number of carbonyl (C=O) groups is 2. The second-order valence-corrected chi connectivity index (χ2v) is 8.18. The lowest BCUT2D eigenvalue weighted by molar-refractivity contribution is -0.121. The molecule has 10 heteroatoms. The summed E-state index contributed by atoms with van der Waals surface area (Å²) >= 11 is 0. The average Bonchev–Trinajstić information content (AvgIpc) is 3.30. The van der Waals surface area contributed by atoms with Gasteiger partial charge < -0.3 is 14.5 Å². The molecule has 1 N–H and O–H groups in total. The van der Waals surface area contributed by atoms with Crippen molar-refractivity contribution in [1.82, 2.24) is 24.6 Å². The highest BCUT2D eigenvalue weighted by Gasteiger charge is 2.24. The first kappa shape index (κ1) is 23.9. The number of fused-ring (bicyclic) bond motifs is 1. The summed E-state index contributed by atoms with van der Waals surface area (Å²) in [5, 5.41) is 7.46. The Bertz CT molecular complexity index is 1450. The number of ether oxygens (including phenoxy) is 1. The highest BCUT2D eigenvalue weighted by Crippen LogP contribution is 2.21. The molecule has 4 aromatic rings. The first-order valence-electron chi connectivity index (χ1n) is 11.3. The van der Waals surface area contributed by atoms with Crippen molar-refractivity contribution in [3.05, 3.63) is 80.9 Å². The van der Waals surface area contributed by atoms with Gasteiger partial charge in [0.15, 0.2) is 0 Å². The molecule has 0 saturated carbocycles. The zero-order valence-electron chi connectivity index (χ0n) is 20.1. The molecule has 0 aliphatic carbocycles. The first-order valence-corrected chi connectivity index (χ1v) is 11.3. The van der Waals surface area contributed by atoms with E-state index in [1.165, 1.54) is 6.33 Å². The molecule has 0 aliphatic rings. The molecule has 0 spiro atoms. The summed E-state index contributed by atoms with van der Waals surface area (Å²) < 4.78 is 13.5. The quantitative estimate of drug-likeness (QED) is 0.387. The molecule has 35 heavy (non-hydrogen) atoms. The fourth-order valence-electron chi connectivity index (χ4n) is 4.00. The van der Waals surface area contributed by atoms with Crippen molar-refractivity contribution in [2.45, 2.75) is 47.3 Å². The Morgan fingerprint density at radius 1 is 1.14 bits per heavy atom.